The molecule has 3 aromatic rings. The first-order valence-electron chi connectivity index (χ1n) is 9.16. The lowest BCUT2D eigenvalue weighted by Gasteiger charge is -2.28. The SMILES string of the molecule is C=Cc1cccc(OC)c1NC(=O)CC1c2ccccc2Oc2ccccc21. The van der Waals surface area contributed by atoms with Crippen molar-refractivity contribution in [1.82, 2.24) is 0 Å². The van der Waals surface area contributed by atoms with Crippen LogP contribution in [-0.2, 0) is 4.79 Å². The summed E-state index contributed by atoms with van der Waals surface area (Å²) >= 11 is 0. The van der Waals surface area contributed by atoms with Crippen LogP contribution in [0.4, 0.5) is 5.69 Å². The first-order chi connectivity index (χ1) is 13.7. The van der Waals surface area contributed by atoms with E-state index in [2.05, 4.69) is 11.9 Å². The third-order valence-electron chi connectivity index (χ3n) is 4.96. The molecule has 1 aliphatic rings. The van der Waals surface area contributed by atoms with Gasteiger partial charge in [-0.15, -0.1) is 0 Å². The topological polar surface area (TPSA) is 47.6 Å². The Labute approximate surface area is 164 Å². The van der Waals surface area contributed by atoms with Crippen molar-refractivity contribution in [2.45, 2.75) is 12.3 Å². The minimum Gasteiger partial charge on any atom is -0.495 e. The predicted molar refractivity (Wildman–Crippen MR) is 111 cm³/mol. The number of anilines is 1. The van der Waals surface area contributed by atoms with Crippen LogP contribution < -0.4 is 14.8 Å². The van der Waals surface area contributed by atoms with Crippen LogP contribution in [0.15, 0.2) is 73.3 Å². The van der Waals surface area contributed by atoms with E-state index in [1.54, 1.807) is 13.2 Å². The van der Waals surface area contributed by atoms with Crippen LogP contribution in [0, 0.1) is 0 Å². The molecule has 4 nitrogen and oxygen atoms in total. The number of hydrogen-bond acceptors (Lipinski definition) is 3. The van der Waals surface area contributed by atoms with Gasteiger partial charge >= 0.3 is 0 Å². The fraction of sp³-hybridized carbons (Fsp3) is 0.125. The summed E-state index contributed by atoms with van der Waals surface area (Å²) in [5.74, 6) is 2.02. The van der Waals surface area contributed by atoms with E-state index in [-0.39, 0.29) is 11.8 Å². The molecule has 0 saturated heterocycles. The average molecular weight is 371 g/mol. The highest BCUT2D eigenvalue weighted by Crippen LogP contribution is 2.45. The third-order valence-corrected chi connectivity index (χ3v) is 4.96. The van der Waals surface area contributed by atoms with Gasteiger partial charge in [0.2, 0.25) is 5.91 Å². The summed E-state index contributed by atoms with van der Waals surface area (Å²) in [5.41, 5.74) is 3.49. The van der Waals surface area contributed by atoms with Crippen molar-refractivity contribution in [3.63, 3.8) is 0 Å². The smallest absolute Gasteiger partial charge is 0.225 e. The van der Waals surface area contributed by atoms with Gasteiger partial charge in [-0.1, -0.05) is 61.2 Å². The Morgan fingerprint density at radius 2 is 1.68 bits per heavy atom. The Bertz CT molecular complexity index is 996. The highest BCUT2D eigenvalue weighted by atomic mass is 16.5. The lowest BCUT2D eigenvalue weighted by molar-refractivity contribution is -0.116. The lowest BCUT2D eigenvalue weighted by Crippen LogP contribution is -2.19. The minimum atomic E-state index is -0.0934. The number of carbonyl (C=O) groups excluding carboxylic acids is 1. The number of carbonyl (C=O) groups is 1. The number of nitrogens with one attached hydrogen (secondary N) is 1. The van der Waals surface area contributed by atoms with Crippen molar-refractivity contribution in [2.24, 2.45) is 0 Å². The summed E-state index contributed by atoms with van der Waals surface area (Å²) in [6.45, 7) is 3.83. The molecule has 28 heavy (non-hydrogen) atoms. The molecule has 0 atom stereocenters. The molecule has 1 N–H and O–H groups in total. The number of ether oxygens (including phenoxy) is 2. The van der Waals surface area contributed by atoms with Gasteiger partial charge < -0.3 is 14.8 Å². The quantitative estimate of drug-likeness (QED) is 0.635. The Kier molecular flexibility index (Phi) is 4.85. The van der Waals surface area contributed by atoms with Crippen LogP contribution >= 0.6 is 0 Å². The molecule has 1 aliphatic heterocycles. The van der Waals surface area contributed by atoms with Gasteiger partial charge in [-0.05, 0) is 18.2 Å². The van der Waals surface area contributed by atoms with Gasteiger partial charge in [-0.2, -0.15) is 0 Å². The molecule has 0 saturated carbocycles. The Morgan fingerprint density at radius 3 is 2.29 bits per heavy atom. The number of hydrogen-bond donors (Lipinski definition) is 1. The second-order valence-electron chi connectivity index (χ2n) is 6.61. The molecule has 1 amide bonds. The van der Waals surface area contributed by atoms with E-state index in [0.29, 0.717) is 17.9 Å². The molecule has 0 unspecified atom stereocenters. The van der Waals surface area contributed by atoms with Crippen molar-refractivity contribution in [1.29, 1.82) is 0 Å². The Balaban J connectivity index is 1.65. The zero-order chi connectivity index (χ0) is 19.5. The number of benzene rings is 3. The largest absolute Gasteiger partial charge is 0.495 e. The molecule has 0 spiro atoms. The number of fused-ring (bicyclic) bond motifs is 2. The van der Waals surface area contributed by atoms with Crippen molar-refractivity contribution < 1.29 is 14.3 Å². The zero-order valence-electron chi connectivity index (χ0n) is 15.6. The van der Waals surface area contributed by atoms with E-state index in [0.717, 1.165) is 28.2 Å². The predicted octanol–water partition coefficient (Wildman–Crippen LogP) is 5.60. The van der Waals surface area contributed by atoms with E-state index in [1.807, 2.05) is 66.7 Å². The maximum absolute atomic E-state index is 13.0. The summed E-state index contributed by atoms with van der Waals surface area (Å²) in [6, 6.07) is 21.3. The van der Waals surface area contributed by atoms with E-state index >= 15 is 0 Å². The summed E-state index contributed by atoms with van der Waals surface area (Å²) in [5, 5.41) is 3.01. The van der Waals surface area contributed by atoms with Crippen molar-refractivity contribution >= 4 is 17.7 Å². The standard InChI is InChI=1S/C24H21NO3/c1-3-16-9-8-14-22(27-2)24(16)25-23(26)15-19-17-10-4-6-12-20(17)28-21-13-7-5-11-18(19)21/h3-14,19H,1,15H2,2H3,(H,25,26). The number of amides is 1. The maximum Gasteiger partial charge on any atom is 0.225 e. The average Bonchev–Trinajstić information content (AvgIpc) is 2.73. The molecule has 4 heteroatoms. The van der Waals surface area contributed by atoms with E-state index < -0.39 is 0 Å². The zero-order valence-corrected chi connectivity index (χ0v) is 15.6. The molecular weight excluding hydrogens is 350 g/mol. The molecule has 0 bridgehead atoms. The first kappa shape index (κ1) is 17.9. The van der Waals surface area contributed by atoms with Crippen LogP contribution in [0.5, 0.6) is 17.2 Å². The van der Waals surface area contributed by atoms with Gasteiger partial charge in [-0.25, -0.2) is 0 Å². The van der Waals surface area contributed by atoms with Crippen LogP contribution in [0.1, 0.15) is 29.0 Å². The second kappa shape index (κ2) is 7.61. The molecule has 0 aliphatic carbocycles. The van der Waals surface area contributed by atoms with Crippen molar-refractivity contribution in [3.8, 4) is 17.2 Å². The summed E-state index contributed by atoms with van der Waals surface area (Å²) in [6.07, 6.45) is 2.00. The lowest BCUT2D eigenvalue weighted by atomic mass is 9.85. The monoisotopic (exact) mass is 371 g/mol. The van der Waals surface area contributed by atoms with Gasteiger partial charge in [-0.3, -0.25) is 4.79 Å². The molecule has 0 radical (unpaired) electrons. The normalized spacial score (nSPS) is 12.3. The van der Waals surface area contributed by atoms with Crippen LogP contribution in [0.2, 0.25) is 0 Å². The highest BCUT2D eigenvalue weighted by molar-refractivity contribution is 5.95. The second-order valence-corrected chi connectivity index (χ2v) is 6.61. The van der Waals surface area contributed by atoms with Crippen LogP contribution in [-0.4, -0.2) is 13.0 Å². The molecule has 0 fully saturated rings. The molecular formula is C24H21NO3. The van der Waals surface area contributed by atoms with Crippen molar-refractivity contribution in [2.75, 3.05) is 12.4 Å². The van der Waals surface area contributed by atoms with E-state index in [9.17, 15) is 4.79 Å². The van der Waals surface area contributed by atoms with Gasteiger partial charge in [0.05, 0.1) is 12.8 Å². The molecule has 4 rings (SSSR count). The number of para-hydroxylation sites is 3. The van der Waals surface area contributed by atoms with Gasteiger partial charge in [0.25, 0.3) is 0 Å². The fourth-order valence-electron chi connectivity index (χ4n) is 3.63. The maximum atomic E-state index is 13.0. The first-order valence-corrected chi connectivity index (χ1v) is 9.16. The van der Waals surface area contributed by atoms with E-state index in [4.69, 9.17) is 9.47 Å². The van der Waals surface area contributed by atoms with Crippen molar-refractivity contribution in [3.05, 3.63) is 90.0 Å². The molecule has 0 aromatic heterocycles. The number of methoxy groups -OCH3 is 1. The third kappa shape index (κ3) is 3.25. The Morgan fingerprint density at radius 1 is 1.04 bits per heavy atom. The van der Waals surface area contributed by atoms with Crippen LogP contribution in [0.3, 0.4) is 0 Å². The number of rotatable bonds is 5. The van der Waals surface area contributed by atoms with Gasteiger partial charge in [0, 0.05) is 29.0 Å². The van der Waals surface area contributed by atoms with Crippen LogP contribution in [0.25, 0.3) is 6.08 Å². The summed E-state index contributed by atoms with van der Waals surface area (Å²) in [7, 11) is 1.59. The minimum absolute atomic E-state index is 0.0805. The highest BCUT2D eigenvalue weighted by Gasteiger charge is 2.29. The van der Waals surface area contributed by atoms with Gasteiger partial charge in [0.1, 0.15) is 17.2 Å². The fourth-order valence-corrected chi connectivity index (χ4v) is 3.63. The van der Waals surface area contributed by atoms with E-state index in [1.165, 1.54) is 0 Å². The summed E-state index contributed by atoms with van der Waals surface area (Å²) in [4.78, 5) is 13.0. The Hall–Kier alpha value is -3.53. The summed E-state index contributed by atoms with van der Waals surface area (Å²) < 4.78 is 11.4. The molecule has 140 valence electrons. The molecule has 1 heterocycles. The molecule has 3 aromatic carbocycles. The van der Waals surface area contributed by atoms with Gasteiger partial charge in [0.15, 0.2) is 0 Å².